The van der Waals surface area contributed by atoms with Gasteiger partial charge < -0.3 is 5.73 Å². The molecule has 4 nitrogen and oxygen atoms in total. The zero-order chi connectivity index (χ0) is 13.9. The Hall–Kier alpha value is -0.940. The molecule has 0 spiro atoms. The molecular weight excluding hydrogens is 296 g/mol. The standard InChI is InChI=1S/C13H19BrN2O2/c1-13(2,3)11(15)8-7-9-5-4-6-10(12(9)14)16(17)18/h4-6,11H,7-8,15H2,1-3H3. The Morgan fingerprint density at radius 3 is 2.56 bits per heavy atom. The number of benzene rings is 1. The minimum absolute atomic E-state index is 0.0488. The lowest BCUT2D eigenvalue weighted by molar-refractivity contribution is -0.385. The first-order valence-corrected chi connectivity index (χ1v) is 6.70. The first kappa shape index (κ1) is 15.1. The van der Waals surface area contributed by atoms with E-state index in [1.165, 1.54) is 6.07 Å². The summed E-state index contributed by atoms with van der Waals surface area (Å²) in [6, 6.07) is 5.17. The summed E-state index contributed by atoms with van der Waals surface area (Å²) >= 11 is 3.30. The van der Waals surface area contributed by atoms with Gasteiger partial charge in [0.05, 0.1) is 9.40 Å². The summed E-state index contributed by atoms with van der Waals surface area (Å²) < 4.78 is 0.566. The van der Waals surface area contributed by atoms with Gasteiger partial charge in [-0.1, -0.05) is 32.9 Å². The molecule has 5 heteroatoms. The second-order valence-corrected chi connectivity index (χ2v) is 6.31. The zero-order valence-electron chi connectivity index (χ0n) is 10.9. The molecule has 2 N–H and O–H groups in total. The fraction of sp³-hybridized carbons (Fsp3) is 0.538. The Morgan fingerprint density at radius 2 is 2.06 bits per heavy atom. The number of aryl methyl sites for hydroxylation is 1. The highest BCUT2D eigenvalue weighted by atomic mass is 79.9. The molecule has 0 aliphatic carbocycles. The van der Waals surface area contributed by atoms with E-state index in [-0.39, 0.29) is 22.1 Å². The normalized spacial score (nSPS) is 13.4. The molecule has 100 valence electrons. The molecule has 0 radical (unpaired) electrons. The van der Waals surface area contributed by atoms with Crippen molar-refractivity contribution in [2.45, 2.75) is 39.7 Å². The van der Waals surface area contributed by atoms with Gasteiger partial charge in [-0.15, -0.1) is 0 Å². The molecule has 1 rings (SSSR count). The summed E-state index contributed by atoms with van der Waals surface area (Å²) in [7, 11) is 0. The molecule has 0 amide bonds. The van der Waals surface area contributed by atoms with Crippen LogP contribution in [-0.2, 0) is 6.42 Å². The van der Waals surface area contributed by atoms with Gasteiger partial charge in [0.15, 0.2) is 0 Å². The van der Waals surface area contributed by atoms with Crippen molar-refractivity contribution in [1.82, 2.24) is 0 Å². The molecule has 1 unspecified atom stereocenters. The Morgan fingerprint density at radius 1 is 1.44 bits per heavy atom. The van der Waals surface area contributed by atoms with Crippen LogP contribution < -0.4 is 5.73 Å². The van der Waals surface area contributed by atoms with Gasteiger partial charge in [0.1, 0.15) is 0 Å². The number of nitro groups is 1. The van der Waals surface area contributed by atoms with E-state index in [2.05, 4.69) is 36.7 Å². The minimum Gasteiger partial charge on any atom is -0.327 e. The fourth-order valence-corrected chi connectivity index (χ4v) is 2.25. The lowest BCUT2D eigenvalue weighted by atomic mass is 9.84. The van der Waals surface area contributed by atoms with Crippen LogP contribution in [0.15, 0.2) is 22.7 Å². The third-order valence-electron chi connectivity index (χ3n) is 3.09. The maximum absolute atomic E-state index is 10.8. The van der Waals surface area contributed by atoms with Crippen molar-refractivity contribution in [2.75, 3.05) is 0 Å². The molecule has 1 atom stereocenters. The molecule has 0 saturated heterocycles. The largest absolute Gasteiger partial charge is 0.327 e. The van der Waals surface area contributed by atoms with Crippen LogP contribution in [0.25, 0.3) is 0 Å². The molecule has 0 fully saturated rings. The quantitative estimate of drug-likeness (QED) is 0.681. The first-order chi connectivity index (χ1) is 8.23. The van der Waals surface area contributed by atoms with E-state index in [0.717, 1.165) is 18.4 Å². The van der Waals surface area contributed by atoms with Crippen molar-refractivity contribution >= 4 is 21.6 Å². The van der Waals surface area contributed by atoms with Gasteiger partial charge in [-0.25, -0.2) is 0 Å². The molecule has 1 aromatic carbocycles. The van der Waals surface area contributed by atoms with E-state index >= 15 is 0 Å². The molecule has 0 aliphatic rings. The van der Waals surface area contributed by atoms with E-state index in [4.69, 9.17) is 5.73 Å². The van der Waals surface area contributed by atoms with Crippen molar-refractivity contribution < 1.29 is 4.92 Å². The van der Waals surface area contributed by atoms with Gasteiger partial charge in [0.2, 0.25) is 0 Å². The Balaban J connectivity index is 2.81. The molecule has 0 aromatic heterocycles. The fourth-order valence-electron chi connectivity index (χ4n) is 1.64. The van der Waals surface area contributed by atoms with E-state index < -0.39 is 0 Å². The third-order valence-corrected chi connectivity index (χ3v) is 4.01. The summed E-state index contributed by atoms with van der Waals surface area (Å²) in [4.78, 5) is 10.4. The third kappa shape index (κ3) is 3.78. The van der Waals surface area contributed by atoms with Crippen LogP contribution in [0.2, 0.25) is 0 Å². The van der Waals surface area contributed by atoms with Crippen molar-refractivity contribution in [2.24, 2.45) is 11.1 Å². The SMILES string of the molecule is CC(C)(C)C(N)CCc1cccc([N+](=O)[O-])c1Br. The smallest absolute Gasteiger partial charge is 0.283 e. The number of nitrogens with two attached hydrogens (primary N) is 1. The lowest BCUT2D eigenvalue weighted by Gasteiger charge is -2.27. The summed E-state index contributed by atoms with van der Waals surface area (Å²) in [5, 5.41) is 10.8. The number of hydrogen-bond acceptors (Lipinski definition) is 3. The van der Waals surface area contributed by atoms with E-state index in [0.29, 0.717) is 4.47 Å². The average molecular weight is 315 g/mol. The Labute approximate surface area is 116 Å². The molecule has 0 heterocycles. The van der Waals surface area contributed by atoms with E-state index in [1.54, 1.807) is 6.07 Å². The summed E-state index contributed by atoms with van der Waals surface area (Å²) in [5.74, 6) is 0. The second kappa shape index (κ2) is 5.80. The van der Waals surface area contributed by atoms with Crippen molar-refractivity contribution in [3.05, 3.63) is 38.3 Å². The Bertz CT molecular complexity index is 441. The number of hydrogen-bond donors (Lipinski definition) is 1. The highest BCUT2D eigenvalue weighted by Crippen LogP contribution is 2.30. The second-order valence-electron chi connectivity index (χ2n) is 5.52. The number of nitrogens with zero attached hydrogens (tertiary/aromatic N) is 1. The minimum atomic E-state index is -0.378. The number of nitro benzene ring substituents is 1. The van der Waals surface area contributed by atoms with Gasteiger partial charge in [0, 0.05) is 12.1 Å². The predicted octanol–water partition coefficient (Wildman–Crippen LogP) is 3.66. The highest BCUT2D eigenvalue weighted by molar-refractivity contribution is 9.10. The van der Waals surface area contributed by atoms with Gasteiger partial charge >= 0.3 is 0 Å². The molecule has 1 aromatic rings. The van der Waals surface area contributed by atoms with E-state index in [1.807, 2.05) is 6.07 Å². The van der Waals surface area contributed by atoms with Gasteiger partial charge in [0.25, 0.3) is 5.69 Å². The zero-order valence-corrected chi connectivity index (χ0v) is 12.5. The molecule has 0 aliphatic heterocycles. The van der Waals surface area contributed by atoms with Crippen LogP contribution in [0.4, 0.5) is 5.69 Å². The van der Waals surface area contributed by atoms with Crippen LogP contribution in [-0.4, -0.2) is 11.0 Å². The predicted molar refractivity (Wildman–Crippen MR) is 76.5 cm³/mol. The number of halogens is 1. The van der Waals surface area contributed by atoms with Crippen LogP contribution in [0.3, 0.4) is 0 Å². The van der Waals surface area contributed by atoms with E-state index in [9.17, 15) is 10.1 Å². The van der Waals surface area contributed by atoms with Crippen molar-refractivity contribution in [1.29, 1.82) is 0 Å². The molecule has 0 saturated carbocycles. The average Bonchev–Trinajstić information content (AvgIpc) is 2.25. The number of rotatable bonds is 4. The topological polar surface area (TPSA) is 69.2 Å². The first-order valence-electron chi connectivity index (χ1n) is 5.91. The van der Waals surface area contributed by atoms with Crippen molar-refractivity contribution in [3.8, 4) is 0 Å². The maximum Gasteiger partial charge on any atom is 0.283 e. The van der Waals surface area contributed by atoms with Crippen LogP contribution in [0.1, 0.15) is 32.8 Å². The summed E-state index contributed by atoms with van der Waals surface area (Å²) in [6.07, 6.45) is 1.55. The van der Waals surface area contributed by atoms with Gasteiger partial charge in [-0.2, -0.15) is 0 Å². The molecule has 18 heavy (non-hydrogen) atoms. The van der Waals surface area contributed by atoms with Crippen LogP contribution in [0.5, 0.6) is 0 Å². The highest BCUT2D eigenvalue weighted by Gasteiger charge is 2.21. The summed E-state index contributed by atoms with van der Waals surface area (Å²) in [5.41, 5.74) is 7.19. The molecule has 0 bridgehead atoms. The summed E-state index contributed by atoms with van der Waals surface area (Å²) in [6.45, 7) is 6.29. The molecular formula is C13H19BrN2O2. The van der Waals surface area contributed by atoms with Gasteiger partial charge in [-0.05, 0) is 39.8 Å². The van der Waals surface area contributed by atoms with Crippen molar-refractivity contribution in [3.63, 3.8) is 0 Å². The Kier molecular flexibility index (Phi) is 4.87. The lowest BCUT2D eigenvalue weighted by Crippen LogP contribution is -2.35. The monoisotopic (exact) mass is 314 g/mol. The van der Waals surface area contributed by atoms with Crippen LogP contribution in [0, 0.1) is 15.5 Å². The van der Waals surface area contributed by atoms with Crippen LogP contribution >= 0.6 is 15.9 Å². The maximum atomic E-state index is 10.8. The van der Waals surface area contributed by atoms with Gasteiger partial charge in [-0.3, -0.25) is 10.1 Å².